The Balaban J connectivity index is 1.62. The molecule has 4 heterocycles. The van der Waals surface area contributed by atoms with Crippen molar-refractivity contribution in [2.75, 3.05) is 24.7 Å². The van der Waals surface area contributed by atoms with Gasteiger partial charge in [-0.15, -0.1) is 0 Å². The van der Waals surface area contributed by atoms with Gasteiger partial charge in [0.2, 0.25) is 0 Å². The summed E-state index contributed by atoms with van der Waals surface area (Å²) in [5.74, 6) is 0.835. The molecule has 24 heavy (non-hydrogen) atoms. The third-order valence-electron chi connectivity index (χ3n) is 4.73. The summed E-state index contributed by atoms with van der Waals surface area (Å²) >= 11 is 1.39. The van der Waals surface area contributed by atoms with E-state index in [1.807, 2.05) is 12.1 Å². The number of benzene rings is 1. The number of carbonyl (C=O) groups is 2. The van der Waals surface area contributed by atoms with Crippen LogP contribution in [0.3, 0.4) is 0 Å². The quantitative estimate of drug-likeness (QED) is 0.847. The van der Waals surface area contributed by atoms with Crippen LogP contribution in [0.15, 0.2) is 12.1 Å². The molecule has 0 radical (unpaired) electrons. The summed E-state index contributed by atoms with van der Waals surface area (Å²) in [6.45, 7) is 1.18. The van der Waals surface area contributed by atoms with Gasteiger partial charge in [0.25, 0.3) is 0 Å². The highest BCUT2D eigenvalue weighted by molar-refractivity contribution is 7.22. The fourth-order valence-electron chi connectivity index (χ4n) is 3.63. The maximum Gasteiger partial charge on any atom is 0.415 e. The van der Waals surface area contributed by atoms with Crippen molar-refractivity contribution >= 4 is 38.8 Å². The van der Waals surface area contributed by atoms with Crippen molar-refractivity contribution in [2.24, 2.45) is 0 Å². The fourth-order valence-corrected chi connectivity index (χ4v) is 4.68. The molecule has 3 aliphatic heterocycles. The summed E-state index contributed by atoms with van der Waals surface area (Å²) in [4.78, 5) is 31.0. The van der Waals surface area contributed by atoms with Crippen LogP contribution < -0.4 is 9.64 Å². The van der Waals surface area contributed by atoms with Gasteiger partial charge in [-0.05, 0) is 12.1 Å². The topological polar surface area (TPSA) is 92.2 Å². The Labute approximate surface area is 140 Å². The SMILES string of the molecule is O=C(O)N1C(=O)N(c2nc3c4c(ccc3s2)OCC4)[C@@H]2COC[C@@H]21. The average Bonchev–Trinajstić information content (AvgIpc) is 3.27. The number of hydrogen-bond donors (Lipinski definition) is 1. The zero-order valence-electron chi connectivity index (χ0n) is 12.5. The van der Waals surface area contributed by atoms with Gasteiger partial charge in [-0.25, -0.2) is 19.5 Å². The Hall–Kier alpha value is -2.39. The lowest BCUT2D eigenvalue weighted by Crippen LogP contribution is -2.40. The van der Waals surface area contributed by atoms with Gasteiger partial charge in [0.05, 0.1) is 42.1 Å². The Morgan fingerprint density at radius 3 is 3.00 bits per heavy atom. The average molecular weight is 347 g/mol. The number of thiazole rings is 1. The zero-order chi connectivity index (χ0) is 16.4. The maximum atomic E-state index is 12.6. The number of carboxylic acid groups (broad SMARTS) is 1. The van der Waals surface area contributed by atoms with Gasteiger partial charge in [0, 0.05) is 12.0 Å². The molecule has 0 bridgehead atoms. The summed E-state index contributed by atoms with van der Waals surface area (Å²) < 4.78 is 11.9. The largest absolute Gasteiger partial charge is 0.493 e. The Morgan fingerprint density at radius 2 is 2.17 bits per heavy atom. The molecule has 5 rings (SSSR count). The van der Waals surface area contributed by atoms with E-state index in [0.717, 1.165) is 32.9 Å². The number of carbonyl (C=O) groups excluding carboxylic acids is 1. The molecule has 1 aromatic heterocycles. The zero-order valence-corrected chi connectivity index (χ0v) is 13.3. The van der Waals surface area contributed by atoms with Crippen molar-refractivity contribution in [1.29, 1.82) is 0 Å². The molecule has 2 saturated heterocycles. The van der Waals surface area contributed by atoms with E-state index >= 15 is 0 Å². The second-order valence-electron chi connectivity index (χ2n) is 5.96. The van der Waals surface area contributed by atoms with E-state index in [0.29, 0.717) is 18.3 Å². The number of nitrogens with zero attached hydrogens (tertiary/aromatic N) is 3. The smallest absolute Gasteiger partial charge is 0.415 e. The van der Waals surface area contributed by atoms with Gasteiger partial charge in [0.1, 0.15) is 5.75 Å². The predicted molar refractivity (Wildman–Crippen MR) is 85.0 cm³/mol. The molecule has 2 aromatic rings. The van der Waals surface area contributed by atoms with E-state index in [9.17, 15) is 14.7 Å². The Kier molecular flexibility index (Phi) is 2.80. The second kappa shape index (κ2) is 4.81. The minimum absolute atomic E-state index is 0.230. The maximum absolute atomic E-state index is 12.6. The standard InChI is InChI=1S/C15H13N3O5S/c19-14-17(8-5-22-6-9(8)18(14)15(20)21)13-16-12-7-3-4-23-10(7)1-2-11(12)24-13/h1-2,8-9H,3-6H2,(H,20,21)/t8-,9+/m1/s1. The van der Waals surface area contributed by atoms with Gasteiger partial charge in [-0.2, -0.15) is 0 Å². The van der Waals surface area contributed by atoms with E-state index in [2.05, 4.69) is 4.98 Å². The van der Waals surface area contributed by atoms with Gasteiger partial charge in [-0.3, -0.25) is 4.90 Å². The normalized spacial score (nSPS) is 25.2. The van der Waals surface area contributed by atoms with E-state index in [1.165, 1.54) is 16.2 Å². The second-order valence-corrected chi connectivity index (χ2v) is 6.97. The molecule has 2 atom stereocenters. The number of hydrogen-bond acceptors (Lipinski definition) is 6. The first-order chi connectivity index (χ1) is 11.6. The molecule has 0 aliphatic carbocycles. The van der Waals surface area contributed by atoms with Gasteiger partial charge >= 0.3 is 12.1 Å². The molecule has 8 nitrogen and oxygen atoms in total. The Bertz CT molecular complexity index is 881. The molecule has 0 unspecified atom stereocenters. The highest BCUT2D eigenvalue weighted by atomic mass is 32.1. The number of ether oxygens (including phenoxy) is 2. The van der Waals surface area contributed by atoms with Crippen LogP contribution in [0.2, 0.25) is 0 Å². The van der Waals surface area contributed by atoms with Gasteiger partial charge < -0.3 is 14.6 Å². The monoisotopic (exact) mass is 347 g/mol. The number of rotatable bonds is 1. The molecule has 3 amide bonds. The number of fused-ring (bicyclic) bond motifs is 4. The highest BCUT2D eigenvalue weighted by Crippen LogP contribution is 2.41. The van der Waals surface area contributed by atoms with Crippen LogP contribution in [0.4, 0.5) is 14.7 Å². The molecule has 0 spiro atoms. The molecular weight excluding hydrogens is 334 g/mol. The van der Waals surface area contributed by atoms with E-state index < -0.39 is 18.2 Å². The molecule has 0 saturated carbocycles. The third kappa shape index (κ3) is 1.73. The summed E-state index contributed by atoms with van der Waals surface area (Å²) in [7, 11) is 0. The molecule has 124 valence electrons. The van der Waals surface area contributed by atoms with Crippen molar-refractivity contribution in [2.45, 2.75) is 18.5 Å². The van der Waals surface area contributed by atoms with Gasteiger partial charge in [-0.1, -0.05) is 11.3 Å². The summed E-state index contributed by atoms with van der Waals surface area (Å²) in [6.07, 6.45) is -0.460. The number of urea groups is 1. The van der Waals surface area contributed by atoms with Crippen molar-refractivity contribution < 1.29 is 24.2 Å². The van der Waals surface area contributed by atoms with Crippen molar-refractivity contribution in [3.63, 3.8) is 0 Å². The van der Waals surface area contributed by atoms with Crippen molar-refractivity contribution in [3.8, 4) is 5.75 Å². The van der Waals surface area contributed by atoms with Crippen LogP contribution >= 0.6 is 11.3 Å². The third-order valence-corrected chi connectivity index (χ3v) is 5.75. The molecule has 3 aliphatic rings. The summed E-state index contributed by atoms with van der Waals surface area (Å²) in [5.41, 5.74) is 1.89. The first kappa shape index (κ1) is 14.0. The lowest BCUT2D eigenvalue weighted by molar-refractivity contribution is 0.128. The lowest BCUT2D eigenvalue weighted by atomic mass is 10.1. The number of imide groups is 1. The lowest BCUT2D eigenvalue weighted by Gasteiger charge is -2.17. The molecule has 9 heteroatoms. The van der Waals surface area contributed by atoms with Crippen LogP contribution in [-0.4, -0.2) is 59.0 Å². The minimum Gasteiger partial charge on any atom is -0.493 e. The van der Waals surface area contributed by atoms with Crippen LogP contribution in [0, 0.1) is 0 Å². The first-order valence-electron chi connectivity index (χ1n) is 7.63. The van der Waals surface area contributed by atoms with E-state index in [4.69, 9.17) is 9.47 Å². The predicted octanol–water partition coefficient (Wildman–Crippen LogP) is 1.92. The molecule has 1 N–H and O–H groups in total. The van der Waals surface area contributed by atoms with E-state index in [-0.39, 0.29) is 12.6 Å². The van der Waals surface area contributed by atoms with Crippen molar-refractivity contribution in [1.82, 2.24) is 9.88 Å². The van der Waals surface area contributed by atoms with E-state index in [1.54, 1.807) is 0 Å². The van der Waals surface area contributed by atoms with Crippen LogP contribution in [-0.2, 0) is 11.2 Å². The number of anilines is 1. The highest BCUT2D eigenvalue weighted by Gasteiger charge is 2.53. The summed E-state index contributed by atoms with van der Waals surface area (Å²) in [6, 6.07) is 2.50. The molecule has 2 fully saturated rings. The fraction of sp³-hybridized carbons (Fsp3) is 0.400. The molecular formula is C15H13N3O5S. The molecule has 1 aromatic carbocycles. The van der Waals surface area contributed by atoms with Crippen molar-refractivity contribution in [3.05, 3.63) is 17.7 Å². The first-order valence-corrected chi connectivity index (χ1v) is 8.45. The van der Waals surface area contributed by atoms with Gasteiger partial charge in [0.15, 0.2) is 5.13 Å². The minimum atomic E-state index is -1.25. The Morgan fingerprint density at radius 1 is 1.33 bits per heavy atom. The van der Waals surface area contributed by atoms with Crippen LogP contribution in [0.5, 0.6) is 5.75 Å². The number of amides is 3. The van der Waals surface area contributed by atoms with Crippen LogP contribution in [0.1, 0.15) is 5.56 Å². The van der Waals surface area contributed by atoms with Crippen LogP contribution in [0.25, 0.3) is 10.2 Å². The summed E-state index contributed by atoms with van der Waals surface area (Å²) in [5, 5.41) is 9.86. The number of aromatic nitrogens is 1.